The van der Waals surface area contributed by atoms with Gasteiger partial charge in [0.25, 0.3) is 0 Å². The average Bonchev–Trinajstić information content (AvgIpc) is 2.60. The van der Waals surface area contributed by atoms with E-state index in [0.717, 1.165) is 23.1 Å². The zero-order valence-corrected chi connectivity index (χ0v) is 16.7. The molecule has 134 valence electrons. The minimum Gasteiger partial charge on any atom is -0.305 e. The quantitative estimate of drug-likeness (QED) is 0.631. The number of rotatable bonds is 4. The fourth-order valence-corrected chi connectivity index (χ4v) is 6.53. The van der Waals surface area contributed by atoms with E-state index in [1.54, 1.807) is 0 Å². The molecule has 0 amide bonds. The molecule has 3 rings (SSSR count). The molecular weight excluding hydrogens is 339 g/mol. The van der Waals surface area contributed by atoms with Crippen LogP contribution in [0.3, 0.4) is 0 Å². The van der Waals surface area contributed by atoms with Crippen LogP contribution in [0, 0.1) is 26.7 Å². The second kappa shape index (κ2) is 7.21. The Morgan fingerprint density at radius 1 is 1.04 bits per heavy atom. The van der Waals surface area contributed by atoms with Gasteiger partial charge in [0.1, 0.15) is 0 Å². The first-order chi connectivity index (χ1) is 12.3. The number of allylic oxidation sites excluding steroid dienone is 4. The lowest BCUT2D eigenvalue weighted by molar-refractivity contribution is 0.107. The second-order valence-electron chi connectivity index (χ2n) is 7.23. The van der Waals surface area contributed by atoms with Gasteiger partial charge in [0.05, 0.1) is 0 Å². The maximum absolute atomic E-state index is 14.3. The largest absolute Gasteiger partial charge is 0.305 e. The van der Waals surface area contributed by atoms with Crippen LogP contribution in [-0.4, -0.2) is 5.52 Å². The highest BCUT2D eigenvalue weighted by Crippen LogP contribution is 2.57. The van der Waals surface area contributed by atoms with Crippen LogP contribution in [0.25, 0.3) is 0 Å². The van der Waals surface area contributed by atoms with Crippen molar-refractivity contribution in [3.63, 3.8) is 0 Å². The number of carbonyl (C=O) groups is 1. The molecule has 0 fully saturated rings. The molecule has 2 atom stereocenters. The number of hydrogen-bond donors (Lipinski definition) is 0. The van der Waals surface area contributed by atoms with Gasteiger partial charge >= 0.3 is 0 Å². The van der Waals surface area contributed by atoms with Gasteiger partial charge in [-0.25, -0.2) is 0 Å². The lowest BCUT2D eigenvalue weighted by atomic mass is 10.0. The third kappa shape index (κ3) is 3.27. The minimum atomic E-state index is -3.43. The van der Waals surface area contributed by atoms with Crippen LogP contribution in [0.5, 0.6) is 0 Å². The Kier molecular flexibility index (Phi) is 5.16. The Bertz CT molecular complexity index is 928. The zero-order chi connectivity index (χ0) is 18.9. The summed E-state index contributed by atoms with van der Waals surface area (Å²) in [4.78, 5) is 13.7. The summed E-state index contributed by atoms with van der Waals surface area (Å²) in [7, 11) is -3.43. The lowest BCUT2D eigenvalue weighted by Crippen LogP contribution is -2.17. The molecule has 2 nitrogen and oxygen atoms in total. The van der Waals surface area contributed by atoms with E-state index in [4.69, 9.17) is 0 Å². The van der Waals surface area contributed by atoms with Crippen molar-refractivity contribution in [1.82, 2.24) is 0 Å². The van der Waals surface area contributed by atoms with Crippen LogP contribution >= 0.6 is 7.14 Å². The summed E-state index contributed by atoms with van der Waals surface area (Å²) >= 11 is 0. The molecule has 2 aromatic rings. The topological polar surface area (TPSA) is 34.1 Å². The first-order valence-corrected chi connectivity index (χ1v) is 10.7. The van der Waals surface area contributed by atoms with Gasteiger partial charge in [0.2, 0.25) is 12.7 Å². The van der Waals surface area contributed by atoms with Crippen molar-refractivity contribution in [2.24, 2.45) is 5.92 Å². The SMILES string of the molecule is Cc1cc(C)c(C(=O)P(=O)(C2=CC(C)CC=C2)c2ccccc2)c(C)c1. The number of aryl methyl sites for hydroxylation is 3. The normalized spacial score (nSPS) is 18.9. The van der Waals surface area contributed by atoms with E-state index in [1.165, 1.54) is 0 Å². The van der Waals surface area contributed by atoms with Crippen molar-refractivity contribution in [1.29, 1.82) is 0 Å². The monoisotopic (exact) mass is 364 g/mol. The molecule has 0 heterocycles. The molecular formula is C23H25O2P. The lowest BCUT2D eigenvalue weighted by Gasteiger charge is -2.24. The molecule has 0 aromatic heterocycles. The van der Waals surface area contributed by atoms with E-state index in [0.29, 0.717) is 16.2 Å². The van der Waals surface area contributed by atoms with Gasteiger partial charge in [0, 0.05) is 16.2 Å². The van der Waals surface area contributed by atoms with Gasteiger partial charge in [-0.05, 0) is 44.2 Å². The molecule has 3 heteroatoms. The predicted molar refractivity (Wildman–Crippen MR) is 110 cm³/mol. The van der Waals surface area contributed by atoms with Crippen LogP contribution in [0.1, 0.15) is 40.4 Å². The maximum atomic E-state index is 14.3. The summed E-state index contributed by atoms with van der Waals surface area (Å²) in [6, 6.07) is 13.2. The van der Waals surface area contributed by atoms with E-state index < -0.39 is 7.14 Å². The first kappa shape index (κ1) is 18.6. The van der Waals surface area contributed by atoms with E-state index in [9.17, 15) is 9.36 Å². The Morgan fingerprint density at radius 3 is 2.23 bits per heavy atom. The zero-order valence-electron chi connectivity index (χ0n) is 15.8. The van der Waals surface area contributed by atoms with E-state index >= 15 is 0 Å². The van der Waals surface area contributed by atoms with E-state index in [2.05, 4.69) is 6.92 Å². The molecule has 0 spiro atoms. The maximum Gasteiger partial charge on any atom is 0.230 e. The summed E-state index contributed by atoms with van der Waals surface area (Å²) in [5.41, 5.74) is 3.21. The fourth-order valence-electron chi connectivity index (χ4n) is 3.72. The van der Waals surface area contributed by atoms with Crippen LogP contribution in [0.15, 0.2) is 66.0 Å². The van der Waals surface area contributed by atoms with Crippen molar-refractivity contribution in [2.75, 3.05) is 0 Å². The summed E-state index contributed by atoms with van der Waals surface area (Å²) in [5.74, 6) is 0.278. The van der Waals surface area contributed by atoms with Crippen LogP contribution in [0.4, 0.5) is 0 Å². The summed E-state index contributed by atoms with van der Waals surface area (Å²) in [5, 5.41) is 1.26. The summed E-state index contributed by atoms with van der Waals surface area (Å²) in [6.45, 7) is 7.96. The van der Waals surface area contributed by atoms with E-state index in [-0.39, 0.29) is 11.4 Å². The Labute approximate surface area is 156 Å². The second-order valence-corrected chi connectivity index (χ2v) is 9.89. The van der Waals surface area contributed by atoms with Gasteiger partial charge in [-0.15, -0.1) is 0 Å². The van der Waals surface area contributed by atoms with Crippen LogP contribution < -0.4 is 5.30 Å². The van der Waals surface area contributed by atoms with Crippen LogP contribution in [0.2, 0.25) is 0 Å². The third-order valence-corrected chi connectivity index (χ3v) is 7.76. The van der Waals surface area contributed by atoms with Crippen molar-refractivity contribution in [3.05, 3.63) is 88.3 Å². The van der Waals surface area contributed by atoms with Crippen molar-refractivity contribution in [3.8, 4) is 0 Å². The van der Waals surface area contributed by atoms with Gasteiger partial charge in [-0.3, -0.25) is 4.79 Å². The Hall–Kier alpha value is -2.18. The van der Waals surface area contributed by atoms with Gasteiger partial charge in [-0.2, -0.15) is 0 Å². The fraction of sp³-hybridized carbons (Fsp3) is 0.261. The van der Waals surface area contributed by atoms with Gasteiger partial charge in [-0.1, -0.05) is 73.2 Å². The highest BCUT2D eigenvalue weighted by molar-refractivity contribution is 7.91. The number of benzene rings is 2. The highest BCUT2D eigenvalue weighted by atomic mass is 31.2. The number of hydrogen-bond acceptors (Lipinski definition) is 2. The molecule has 0 bridgehead atoms. The summed E-state index contributed by atoms with van der Waals surface area (Å²) in [6.07, 6.45) is 6.82. The Balaban J connectivity index is 2.25. The molecule has 2 unspecified atom stereocenters. The molecule has 1 aliphatic carbocycles. The Morgan fingerprint density at radius 2 is 1.65 bits per heavy atom. The van der Waals surface area contributed by atoms with Crippen molar-refractivity contribution < 1.29 is 9.36 Å². The average molecular weight is 364 g/mol. The molecule has 0 aliphatic heterocycles. The molecule has 2 aromatic carbocycles. The van der Waals surface area contributed by atoms with E-state index in [1.807, 2.05) is 81.5 Å². The molecule has 1 aliphatic rings. The molecule has 0 radical (unpaired) electrons. The third-order valence-electron chi connectivity index (χ3n) is 4.91. The van der Waals surface area contributed by atoms with Gasteiger partial charge < -0.3 is 4.57 Å². The first-order valence-electron chi connectivity index (χ1n) is 9.01. The predicted octanol–water partition coefficient (Wildman–Crippen LogP) is 5.92. The molecule has 0 N–H and O–H groups in total. The molecule has 0 saturated carbocycles. The molecule has 26 heavy (non-hydrogen) atoms. The highest BCUT2D eigenvalue weighted by Gasteiger charge is 2.39. The standard InChI is InChI=1S/C23H25O2P/c1-16-9-8-12-21(15-16)26(25,20-10-6-5-7-11-20)23(24)22-18(3)13-17(2)14-19(22)4/h5-8,10-16H,9H2,1-4H3. The van der Waals surface area contributed by atoms with Crippen molar-refractivity contribution >= 4 is 18.0 Å². The van der Waals surface area contributed by atoms with Crippen LogP contribution in [-0.2, 0) is 4.57 Å². The van der Waals surface area contributed by atoms with Crippen molar-refractivity contribution in [2.45, 2.75) is 34.1 Å². The minimum absolute atomic E-state index is 0.260. The van der Waals surface area contributed by atoms with Gasteiger partial charge in [0.15, 0.2) is 0 Å². The number of carbonyl (C=O) groups excluding carboxylic acids is 1. The smallest absolute Gasteiger partial charge is 0.230 e. The molecule has 0 saturated heterocycles. The summed E-state index contributed by atoms with van der Waals surface area (Å²) < 4.78 is 14.3.